The maximum Gasteiger partial charge on any atom is 0.408 e. The molecule has 4 rings (SSSR count). The van der Waals surface area contributed by atoms with Crippen molar-refractivity contribution in [3.63, 3.8) is 0 Å². The summed E-state index contributed by atoms with van der Waals surface area (Å²) in [6.45, 7) is 7.72. The van der Waals surface area contributed by atoms with E-state index in [1.807, 2.05) is 66.4 Å². The van der Waals surface area contributed by atoms with E-state index in [0.29, 0.717) is 11.7 Å². The number of amides is 2. The van der Waals surface area contributed by atoms with Crippen molar-refractivity contribution in [1.29, 1.82) is 0 Å². The van der Waals surface area contributed by atoms with Crippen LogP contribution in [0.4, 0.5) is 4.79 Å². The van der Waals surface area contributed by atoms with Crippen LogP contribution in [0.2, 0.25) is 0 Å². The average Bonchev–Trinajstić information content (AvgIpc) is 3.25. The zero-order valence-electron chi connectivity index (χ0n) is 21.5. The number of carbonyl (C=O) groups excluding carboxylic acids is 2. The second-order valence-corrected chi connectivity index (χ2v) is 13.9. The summed E-state index contributed by atoms with van der Waals surface area (Å²) in [5.41, 5.74) is 2.28. The van der Waals surface area contributed by atoms with Gasteiger partial charge in [-0.25, -0.2) is 13.2 Å². The molecule has 2 saturated heterocycles. The summed E-state index contributed by atoms with van der Waals surface area (Å²) in [6.07, 6.45) is -0.444. The molecule has 198 valence electrons. The van der Waals surface area contributed by atoms with E-state index < -0.39 is 33.5 Å². The molecule has 2 heterocycles. The number of amidine groups is 1. The van der Waals surface area contributed by atoms with Crippen molar-refractivity contribution in [2.75, 3.05) is 11.5 Å². The van der Waals surface area contributed by atoms with Crippen LogP contribution in [-0.2, 0) is 32.3 Å². The Labute approximate surface area is 222 Å². The van der Waals surface area contributed by atoms with E-state index >= 15 is 0 Å². The number of nitrogens with one attached hydrogen (secondary N) is 1. The molecule has 2 aromatic rings. The molecule has 0 saturated carbocycles. The molecule has 0 spiro atoms. The van der Waals surface area contributed by atoms with E-state index in [1.165, 1.54) is 11.8 Å². The molecule has 2 aliphatic heterocycles. The van der Waals surface area contributed by atoms with Gasteiger partial charge in [0.2, 0.25) is 0 Å². The number of thioether (sulfide) groups is 1. The lowest BCUT2D eigenvalue weighted by atomic mass is 10.1. The number of aliphatic imine (C=N–C) groups is 1. The summed E-state index contributed by atoms with van der Waals surface area (Å²) in [5.74, 6) is -0.411. The van der Waals surface area contributed by atoms with Crippen LogP contribution in [0.25, 0.3) is 0 Å². The largest absolute Gasteiger partial charge is 0.444 e. The van der Waals surface area contributed by atoms with Gasteiger partial charge < -0.3 is 15.0 Å². The third-order valence-electron chi connectivity index (χ3n) is 6.13. The van der Waals surface area contributed by atoms with Gasteiger partial charge in [-0.3, -0.25) is 4.79 Å². The van der Waals surface area contributed by atoms with Gasteiger partial charge in [0.1, 0.15) is 11.6 Å². The number of hydrogen-bond acceptors (Lipinski definition) is 6. The molecule has 2 aliphatic rings. The van der Waals surface area contributed by atoms with Gasteiger partial charge in [0.15, 0.2) is 15.0 Å². The Morgan fingerprint density at radius 1 is 1.08 bits per heavy atom. The van der Waals surface area contributed by atoms with Crippen molar-refractivity contribution in [3.05, 3.63) is 71.3 Å². The first kappa shape index (κ1) is 27.2. The van der Waals surface area contributed by atoms with E-state index in [2.05, 4.69) is 10.3 Å². The van der Waals surface area contributed by atoms with E-state index in [9.17, 15) is 18.0 Å². The summed E-state index contributed by atoms with van der Waals surface area (Å²) in [6, 6.07) is 16.2. The first-order chi connectivity index (χ1) is 17.4. The highest BCUT2D eigenvalue weighted by molar-refractivity contribution is 8.15. The second kappa shape index (κ2) is 10.9. The molecule has 2 aromatic carbocycles. The third-order valence-corrected chi connectivity index (χ3v) is 9.37. The van der Waals surface area contributed by atoms with Gasteiger partial charge in [-0.15, -0.1) is 0 Å². The number of carbonyl (C=O) groups is 2. The lowest BCUT2D eigenvalue weighted by Gasteiger charge is -2.25. The van der Waals surface area contributed by atoms with Gasteiger partial charge >= 0.3 is 6.09 Å². The summed E-state index contributed by atoms with van der Waals surface area (Å²) < 4.78 is 30.1. The molecule has 0 aromatic heterocycles. The smallest absolute Gasteiger partial charge is 0.408 e. The maximum absolute atomic E-state index is 13.5. The Kier molecular flexibility index (Phi) is 7.99. The summed E-state index contributed by atoms with van der Waals surface area (Å²) in [7, 11) is -3.16. The molecule has 0 aliphatic carbocycles. The predicted molar refractivity (Wildman–Crippen MR) is 146 cm³/mol. The normalized spacial score (nSPS) is 22.5. The van der Waals surface area contributed by atoms with Gasteiger partial charge in [-0.2, -0.15) is 4.99 Å². The van der Waals surface area contributed by atoms with E-state index in [-0.39, 0.29) is 29.2 Å². The fraction of sp³-hybridized carbons (Fsp3) is 0.444. The van der Waals surface area contributed by atoms with Crippen molar-refractivity contribution < 1.29 is 22.7 Å². The molecule has 0 radical (unpaired) electrons. The van der Waals surface area contributed by atoms with E-state index in [1.54, 1.807) is 20.8 Å². The lowest BCUT2D eigenvalue weighted by molar-refractivity contribution is -0.119. The molecule has 1 N–H and O–H groups in total. The van der Waals surface area contributed by atoms with Crippen LogP contribution >= 0.6 is 11.8 Å². The first-order valence-electron chi connectivity index (χ1n) is 12.2. The van der Waals surface area contributed by atoms with Crippen LogP contribution in [0.15, 0.2) is 59.6 Å². The highest BCUT2D eigenvalue weighted by atomic mass is 32.2. The zero-order valence-corrected chi connectivity index (χ0v) is 23.1. The number of fused-ring (bicyclic) bond motifs is 1. The van der Waals surface area contributed by atoms with Crippen molar-refractivity contribution in [2.24, 2.45) is 4.99 Å². The molecule has 10 heteroatoms. The van der Waals surface area contributed by atoms with Crippen LogP contribution in [-0.4, -0.2) is 64.9 Å². The number of hydrogen-bond donors (Lipinski definition) is 1. The van der Waals surface area contributed by atoms with Crippen molar-refractivity contribution in [1.82, 2.24) is 10.2 Å². The standard InChI is InChI=1S/C27H33N3O5S2/c1-18-10-12-20(13-11-18)15-30-22-16-37(33,34)17-23(22)36-25(30)29-24(31)21(14-19-8-6-5-7-9-19)28-26(32)35-27(2,3)4/h5-13,21-23H,14-17H2,1-4H3,(H,28,32)/t21-,22+,23+/m1/s1. The highest BCUT2D eigenvalue weighted by Gasteiger charge is 2.48. The number of ether oxygens (including phenoxy) is 1. The number of benzene rings is 2. The van der Waals surface area contributed by atoms with Gasteiger partial charge in [-0.05, 0) is 38.8 Å². The fourth-order valence-corrected chi connectivity index (χ4v) is 8.34. The summed E-state index contributed by atoms with van der Waals surface area (Å²) >= 11 is 1.33. The molecule has 0 bridgehead atoms. The Bertz CT molecular complexity index is 1270. The Hall–Kier alpha value is -2.85. The van der Waals surface area contributed by atoms with Crippen molar-refractivity contribution >= 4 is 38.8 Å². The van der Waals surface area contributed by atoms with Crippen LogP contribution in [0.1, 0.15) is 37.5 Å². The van der Waals surface area contributed by atoms with Gasteiger partial charge in [0.05, 0.1) is 17.5 Å². The molecule has 0 unspecified atom stereocenters. The highest BCUT2D eigenvalue weighted by Crippen LogP contribution is 2.39. The summed E-state index contributed by atoms with van der Waals surface area (Å²) in [4.78, 5) is 32.4. The Balaban J connectivity index is 1.60. The molecule has 2 amide bonds. The summed E-state index contributed by atoms with van der Waals surface area (Å²) in [5, 5.41) is 2.99. The van der Waals surface area contributed by atoms with Crippen LogP contribution in [0.5, 0.6) is 0 Å². The molecular weight excluding hydrogens is 510 g/mol. The minimum Gasteiger partial charge on any atom is -0.444 e. The maximum atomic E-state index is 13.5. The van der Waals surface area contributed by atoms with Crippen LogP contribution in [0, 0.1) is 6.92 Å². The molecule has 8 nitrogen and oxygen atoms in total. The number of sulfone groups is 1. The Morgan fingerprint density at radius 2 is 1.76 bits per heavy atom. The predicted octanol–water partition coefficient (Wildman–Crippen LogP) is 3.73. The minimum absolute atomic E-state index is 0.0351. The molecule has 2 fully saturated rings. The number of alkyl carbamates (subject to hydrolysis) is 1. The van der Waals surface area contributed by atoms with Crippen LogP contribution < -0.4 is 5.32 Å². The molecular formula is C27H33N3O5S2. The number of nitrogens with zero attached hydrogens (tertiary/aromatic N) is 2. The van der Waals surface area contributed by atoms with Crippen molar-refractivity contribution in [2.45, 2.75) is 63.6 Å². The third kappa shape index (κ3) is 7.35. The first-order valence-corrected chi connectivity index (χ1v) is 14.9. The molecule has 37 heavy (non-hydrogen) atoms. The topological polar surface area (TPSA) is 105 Å². The number of aryl methyl sites for hydroxylation is 1. The monoisotopic (exact) mass is 543 g/mol. The van der Waals surface area contributed by atoms with Crippen molar-refractivity contribution in [3.8, 4) is 0 Å². The zero-order chi connectivity index (χ0) is 26.8. The lowest BCUT2D eigenvalue weighted by Crippen LogP contribution is -2.45. The average molecular weight is 544 g/mol. The fourth-order valence-electron chi connectivity index (χ4n) is 4.38. The van der Waals surface area contributed by atoms with E-state index in [4.69, 9.17) is 4.74 Å². The minimum atomic E-state index is -3.16. The van der Waals surface area contributed by atoms with Gasteiger partial charge in [0.25, 0.3) is 5.91 Å². The SMILES string of the molecule is Cc1ccc(CN2C(=NC(=O)[C@@H](Cc3ccccc3)NC(=O)OC(C)(C)C)S[C@H]3CS(=O)(=O)C[C@@H]32)cc1. The quantitative estimate of drug-likeness (QED) is 0.592. The Morgan fingerprint density at radius 3 is 2.41 bits per heavy atom. The molecule has 3 atom stereocenters. The van der Waals surface area contributed by atoms with Crippen LogP contribution in [0.3, 0.4) is 0 Å². The van der Waals surface area contributed by atoms with E-state index in [0.717, 1.165) is 16.7 Å². The number of rotatable bonds is 6. The second-order valence-electron chi connectivity index (χ2n) is 10.5. The van der Waals surface area contributed by atoms with Gasteiger partial charge in [-0.1, -0.05) is 71.9 Å². The van der Waals surface area contributed by atoms with Gasteiger partial charge in [0, 0.05) is 18.2 Å².